The van der Waals surface area contributed by atoms with Crippen LogP contribution in [0.15, 0.2) is 60.9 Å². The van der Waals surface area contributed by atoms with Crippen molar-refractivity contribution in [2.24, 2.45) is 5.92 Å². The number of pyridine rings is 2. The average Bonchev–Trinajstić information content (AvgIpc) is 3.72. The Balaban J connectivity index is 1.15. The maximum absolute atomic E-state index is 13.1. The summed E-state index contributed by atoms with van der Waals surface area (Å²) in [6, 6.07) is 15.0. The molecule has 6 rings (SSSR count). The SMILES string of the molecule is Cc1cc(/C=C/c2nccc(-c3cccc(NC(=O)c4ccc(CN5CC[C@@H](O)C5)cn4)c3Cl)c2C)c(Cl)cc1CN1CC[C@@H](C(=O)O)C1. The van der Waals surface area contributed by atoms with Crippen LogP contribution in [0.1, 0.15) is 56.8 Å². The quantitative estimate of drug-likeness (QED) is 0.163. The van der Waals surface area contributed by atoms with Gasteiger partial charge in [-0.05, 0) is 97.0 Å². The lowest BCUT2D eigenvalue weighted by Crippen LogP contribution is -2.23. The van der Waals surface area contributed by atoms with Crippen LogP contribution in [0.5, 0.6) is 0 Å². The van der Waals surface area contributed by atoms with Gasteiger partial charge in [0, 0.05) is 55.7 Å². The molecule has 2 aliphatic heterocycles. The molecule has 2 aromatic heterocycles. The fraction of sp³-hybridized carbons (Fsp3) is 0.316. The molecule has 254 valence electrons. The summed E-state index contributed by atoms with van der Waals surface area (Å²) in [6.07, 6.45) is 8.45. The molecule has 0 bridgehead atoms. The van der Waals surface area contributed by atoms with Crippen LogP contribution >= 0.6 is 23.2 Å². The lowest BCUT2D eigenvalue weighted by atomic mass is 9.98. The Morgan fingerprint density at radius 1 is 0.959 bits per heavy atom. The summed E-state index contributed by atoms with van der Waals surface area (Å²) < 4.78 is 0. The lowest BCUT2D eigenvalue weighted by Gasteiger charge is -2.18. The van der Waals surface area contributed by atoms with Crippen LogP contribution in [0, 0.1) is 19.8 Å². The van der Waals surface area contributed by atoms with Gasteiger partial charge in [0.25, 0.3) is 5.91 Å². The van der Waals surface area contributed by atoms with Crippen LogP contribution in [0.25, 0.3) is 23.3 Å². The number of halogens is 2. The number of aromatic nitrogens is 2. The van der Waals surface area contributed by atoms with Gasteiger partial charge in [-0.2, -0.15) is 0 Å². The largest absolute Gasteiger partial charge is 0.481 e. The molecule has 2 aromatic carbocycles. The van der Waals surface area contributed by atoms with E-state index in [0.717, 1.165) is 64.1 Å². The second kappa shape index (κ2) is 15.2. The molecule has 2 fully saturated rings. The summed E-state index contributed by atoms with van der Waals surface area (Å²) in [5.41, 5.74) is 8.07. The van der Waals surface area contributed by atoms with Crippen LogP contribution in [-0.4, -0.2) is 74.1 Å². The number of nitrogens with one attached hydrogen (secondary N) is 1. The summed E-state index contributed by atoms with van der Waals surface area (Å²) in [7, 11) is 0. The predicted octanol–water partition coefficient (Wildman–Crippen LogP) is 6.96. The molecule has 11 heteroatoms. The molecule has 9 nitrogen and oxygen atoms in total. The number of carboxylic acids is 1. The van der Waals surface area contributed by atoms with Crippen LogP contribution in [-0.2, 0) is 17.9 Å². The second-order valence-corrected chi connectivity index (χ2v) is 13.7. The van der Waals surface area contributed by atoms with Crippen molar-refractivity contribution in [1.82, 2.24) is 19.8 Å². The van der Waals surface area contributed by atoms with E-state index in [-0.39, 0.29) is 23.6 Å². The molecule has 0 radical (unpaired) electrons. The first kappa shape index (κ1) is 34.7. The Hall–Kier alpha value is -4.12. The van der Waals surface area contributed by atoms with Crippen molar-refractivity contribution in [3.05, 3.63) is 110 Å². The van der Waals surface area contributed by atoms with Gasteiger partial charge in [-0.15, -0.1) is 0 Å². The first-order valence-electron chi connectivity index (χ1n) is 16.4. The molecule has 4 heterocycles. The summed E-state index contributed by atoms with van der Waals surface area (Å²) in [5, 5.41) is 23.0. The fourth-order valence-electron chi connectivity index (χ4n) is 6.53. The molecule has 0 spiro atoms. The summed E-state index contributed by atoms with van der Waals surface area (Å²) in [5.74, 6) is -1.41. The summed E-state index contributed by atoms with van der Waals surface area (Å²) in [6.45, 7) is 8.16. The van der Waals surface area contributed by atoms with Crippen LogP contribution < -0.4 is 5.32 Å². The van der Waals surface area contributed by atoms with Gasteiger partial charge in [-0.1, -0.05) is 53.5 Å². The Bertz CT molecular complexity index is 1900. The van der Waals surface area contributed by atoms with Crippen LogP contribution in [0.4, 0.5) is 5.69 Å². The number of anilines is 1. The number of carbonyl (C=O) groups is 2. The molecule has 2 saturated heterocycles. The Kier molecular flexibility index (Phi) is 10.8. The molecule has 2 atom stereocenters. The third-order valence-electron chi connectivity index (χ3n) is 9.38. The van der Waals surface area contributed by atoms with Gasteiger partial charge in [0.15, 0.2) is 0 Å². The van der Waals surface area contributed by atoms with E-state index in [1.54, 1.807) is 24.5 Å². The molecule has 2 aliphatic rings. The van der Waals surface area contributed by atoms with E-state index in [4.69, 9.17) is 23.2 Å². The number of carbonyl (C=O) groups excluding carboxylic acids is 1. The van der Waals surface area contributed by atoms with Gasteiger partial charge < -0.3 is 15.5 Å². The van der Waals surface area contributed by atoms with E-state index >= 15 is 0 Å². The molecule has 49 heavy (non-hydrogen) atoms. The van der Waals surface area contributed by atoms with Gasteiger partial charge in [0.2, 0.25) is 0 Å². The average molecular weight is 701 g/mol. The number of amides is 1. The van der Waals surface area contributed by atoms with Gasteiger partial charge in [-0.3, -0.25) is 29.4 Å². The normalized spacial score (nSPS) is 18.4. The number of aliphatic carboxylic acids is 1. The maximum atomic E-state index is 13.1. The molecule has 3 N–H and O–H groups in total. The van der Waals surface area contributed by atoms with E-state index in [2.05, 4.69) is 25.1 Å². The molecular weight excluding hydrogens is 661 g/mol. The first-order valence-corrected chi connectivity index (χ1v) is 17.1. The molecule has 0 unspecified atom stereocenters. The number of likely N-dealkylation sites (tertiary alicyclic amines) is 2. The molecule has 0 saturated carbocycles. The van der Waals surface area contributed by atoms with E-state index in [0.29, 0.717) is 48.3 Å². The highest BCUT2D eigenvalue weighted by molar-refractivity contribution is 6.36. The number of aliphatic hydroxyl groups excluding tert-OH is 1. The van der Waals surface area contributed by atoms with Gasteiger partial charge in [-0.25, -0.2) is 0 Å². The highest BCUT2D eigenvalue weighted by Gasteiger charge is 2.28. The topological polar surface area (TPSA) is 119 Å². The Labute approximate surface area is 296 Å². The maximum Gasteiger partial charge on any atom is 0.307 e. The number of β-amino-alcohol motifs (C(OH)–C–C–N with tert-alkyl or cyclic N) is 1. The second-order valence-electron chi connectivity index (χ2n) is 12.9. The minimum absolute atomic E-state index is 0.281. The zero-order valence-electron chi connectivity index (χ0n) is 27.5. The van der Waals surface area contributed by atoms with E-state index in [1.165, 1.54) is 0 Å². The summed E-state index contributed by atoms with van der Waals surface area (Å²) in [4.78, 5) is 37.8. The van der Waals surface area contributed by atoms with Crippen molar-refractivity contribution in [3.63, 3.8) is 0 Å². The van der Waals surface area contributed by atoms with E-state index in [1.807, 2.05) is 62.4 Å². The molecule has 4 aromatic rings. The highest BCUT2D eigenvalue weighted by Crippen LogP contribution is 2.36. The Morgan fingerprint density at radius 2 is 1.76 bits per heavy atom. The minimum Gasteiger partial charge on any atom is -0.481 e. The third-order valence-corrected chi connectivity index (χ3v) is 10.1. The van der Waals surface area contributed by atoms with Crippen molar-refractivity contribution in [2.75, 3.05) is 31.5 Å². The van der Waals surface area contributed by atoms with Crippen molar-refractivity contribution in [1.29, 1.82) is 0 Å². The van der Waals surface area contributed by atoms with Gasteiger partial charge in [0.05, 0.1) is 28.4 Å². The Morgan fingerprint density at radius 3 is 2.47 bits per heavy atom. The monoisotopic (exact) mass is 699 g/mol. The molecule has 1 amide bonds. The van der Waals surface area contributed by atoms with E-state index < -0.39 is 5.97 Å². The van der Waals surface area contributed by atoms with Crippen LogP contribution in [0.2, 0.25) is 10.0 Å². The van der Waals surface area contributed by atoms with Crippen molar-refractivity contribution in [3.8, 4) is 11.1 Å². The molecule has 0 aliphatic carbocycles. The van der Waals surface area contributed by atoms with Gasteiger partial charge >= 0.3 is 5.97 Å². The standard InChI is InChI=1S/C38H39Cl2N5O4/c1-23-16-26(32(39)17-28(23)21-45-14-11-27(20-45)38(48)49)7-9-33-24(2)30(10-13-41-33)31-4-3-5-34(36(31)40)43-37(47)35-8-6-25(18-42-35)19-44-15-12-29(46)22-44/h3-10,13,16-18,27,29,46H,11-12,14-15,19-22H2,1-2H3,(H,43,47)(H,48,49)/b9-7+/t27-,29-/m1/s1. The number of carboxylic acid groups (broad SMARTS) is 1. The zero-order valence-corrected chi connectivity index (χ0v) is 29.0. The van der Waals surface area contributed by atoms with Crippen molar-refractivity contribution >= 4 is 52.9 Å². The number of hydrogen-bond donors (Lipinski definition) is 3. The number of aryl methyl sites for hydroxylation is 1. The van der Waals surface area contributed by atoms with Crippen LogP contribution in [0.3, 0.4) is 0 Å². The van der Waals surface area contributed by atoms with Gasteiger partial charge in [0.1, 0.15) is 5.69 Å². The van der Waals surface area contributed by atoms with Crippen molar-refractivity contribution in [2.45, 2.75) is 45.9 Å². The number of rotatable bonds is 10. The van der Waals surface area contributed by atoms with Crippen molar-refractivity contribution < 1.29 is 19.8 Å². The predicted molar refractivity (Wildman–Crippen MR) is 194 cm³/mol. The smallest absolute Gasteiger partial charge is 0.307 e. The third kappa shape index (κ3) is 8.20. The highest BCUT2D eigenvalue weighted by atomic mass is 35.5. The number of aliphatic hydroxyl groups is 1. The number of hydrogen-bond acceptors (Lipinski definition) is 7. The number of nitrogens with zero attached hydrogens (tertiary/aromatic N) is 4. The van der Waals surface area contributed by atoms with E-state index in [9.17, 15) is 19.8 Å². The first-order chi connectivity index (χ1) is 23.5. The minimum atomic E-state index is -0.737. The fourth-order valence-corrected chi connectivity index (χ4v) is 7.06. The number of benzene rings is 2. The lowest BCUT2D eigenvalue weighted by molar-refractivity contribution is -0.141. The summed E-state index contributed by atoms with van der Waals surface area (Å²) >= 11 is 13.6. The molecular formula is C38H39Cl2N5O4. The zero-order chi connectivity index (χ0) is 34.7.